The average Bonchev–Trinajstić information content (AvgIpc) is 2.54. The third-order valence-electron chi connectivity index (χ3n) is 3.35. The zero-order chi connectivity index (χ0) is 17.7. The van der Waals surface area contributed by atoms with Gasteiger partial charge in [0.05, 0.1) is 30.2 Å². The number of benzene rings is 2. The highest BCUT2D eigenvalue weighted by Gasteiger charge is 2.21. The minimum Gasteiger partial charge on any atom is -0.469 e. The van der Waals surface area contributed by atoms with Crippen LogP contribution < -0.4 is 5.32 Å². The Morgan fingerprint density at radius 2 is 1.83 bits per heavy atom. The Kier molecular flexibility index (Phi) is 6.17. The van der Waals surface area contributed by atoms with Crippen molar-refractivity contribution in [2.75, 3.05) is 7.11 Å². The van der Waals surface area contributed by atoms with Crippen molar-refractivity contribution in [3.8, 4) is 0 Å². The normalized spacial score (nSPS) is 11.7. The van der Waals surface area contributed by atoms with E-state index in [1.54, 1.807) is 0 Å². The number of rotatable bonds is 5. The predicted molar refractivity (Wildman–Crippen MR) is 89.7 cm³/mol. The first kappa shape index (κ1) is 18.2. The molecule has 0 bridgehead atoms. The largest absolute Gasteiger partial charge is 0.469 e. The number of esters is 1. The summed E-state index contributed by atoms with van der Waals surface area (Å²) in [5, 5.41) is 3.30. The summed E-state index contributed by atoms with van der Waals surface area (Å²) in [6, 6.07) is 9.28. The number of nitrogens with one attached hydrogen (secondary N) is 1. The number of carbonyl (C=O) groups is 2. The number of hydrogen-bond donors (Lipinski definition) is 1. The Bertz CT molecular complexity index is 750. The molecule has 0 heterocycles. The first-order valence-electron chi connectivity index (χ1n) is 6.99. The zero-order valence-electron chi connectivity index (χ0n) is 12.7. The molecule has 0 aliphatic rings. The summed E-state index contributed by atoms with van der Waals surface area (Å²) in [5.41, 5.74) is 0.790. The second-order valence-corrected chi connectivity index (χ2v) is 5.83. The van der Waals surface area contributed by atoms with Gasteiger partial charge in [-0.3, -0.25) is 9.59 Å². The summed E-state index contributed by atoms with van der Waals surface area (Å²) >= 11 is 11.8. The van der Waals surface area contributed by atoms with Crippen molar-refractivity contribution in [1.82, 2.24) is 5.32 Å². The van der Waals surface area contributed by atoms with Crippen molar-refractivity contribution < 1.29 is 18.7 Å². The van der Waals surface area contributed by atoms with Crippen LogP contribution in [0.5, 0.6) is 0 Å². The predicted octanol–water partition coefficient (Wildman–Crippen LogP) is 4.17. The Balaban J connectivity index is 2.25. The smallest absolute Gasteiger partial charge is 0.307 e. The molecule has 4 nitrogen and oxygen atoms in total. The second-order valence-electron chi connectivity index (χ2n) is 4.98. The second kappa shape index (κ2) is 8.13. The lowest BCUT2D eigenvalue weighted by molar-refractivity contribution is -0.141. The van der Waals surface area contributed by atoms with Gasteiger partial charge in [-0.25, -0.2) is 4.39 Å². The van der Waals surface area contributed by atoms with E-state index in [9.17, 15) is 14.0 Å². The van der Waals surface area contributed by atoms with Crippen molar-refractivity contribution in [2.45, 2.75) is 12.5 Å². The van der Waals surface area contributed by atoms with Crippen LogP contribution in [-0.4, -0.2) is 19.0 Å². The number of hydrogen-bond acceptors (Lipinski definition) is 3. The lowest BCUT2D eigenvalue weighted by Crippen LogP contribution is -2.30. The van der Waals surface area contributed by atoms with Crippen LogP contribution in [0, 0.1) is 5.82 Å². The van der Waals surface area contributed by atoms with Gasteiger partial charge in [0.2, 0.25) is 0 Å². The summed E-state index contributed by atoms with van der Waals surface area (Å²) < 4.78 is 17.7. The van der Waals surface area contributed by atoms with Crippen LogP contribution in [0.15, 0.2) is 42.5 Å². The van der Waals surface area contributed by atoms with E-state index in [0.29, 0.717) is 10.6 Å². The fourth-order valence-corrected chi connectivity index (χ4v) is 2.60. The summed E-state index contributed by atoms with van der Waals surface area (Å²) in [7, 11) is 1.25. The lowest BCUT2D eigenvalue weighted by atomic mass is 10.0. The maximum absolute atomic E-state index is 13.1. The number of halogens is 3. The fraction of sp³-hybridized carbons (Fsp3) is 0.176. The van der Waals surface area contributed by atoms with Crippen LogP contribution in [0.1, 0.15) is 28.4 Å². The van der Waals surface area contributed by atoms with Crippen LogP contribution in [0.2, 0.25) is 10.0 Å². The third kappa shape index (κ3) is 4.69. The van der Waals surface area contributed by atoms with E-state index in [1.807, 2.05) is 0 Å². The van der Waals surface area contributed by atoms with Crippen molar-refractivity contribution in [3.05, 3.63) is 69.5 Å². The Morgan fingerprint density at radius 3 is 2.42 bits per heavy atom. The van der Waals surface area contributed by atoms with Gasteiger partial charge in [0.15, 0.2) is 0 Å². The molecule has 1 atom stereocenters. The average molecular weight is 370 g/mol. The quantitative estimate of drug-likeness (QED) is 0.804. The van der Waals surface area contributed by atoms with Gasteiger partial charge < -0.3 is 10.1 Å². The number of amides is 1. The molecule has 2 rings (SSSR count). The summed E-state index contributed by atoms with van der Waals surface area (Å²) in [6.45, 7) is 0. The van der Waals surface area contributed by atoms with Gasteiger partial charge in [-0.1, -0.05) is 35.3 Å². The van der Waals surface area contributed by atoms with Crippen LogP contribution in [0.3, 0.4) is 0 Å². The highest BCUT2D eigenvalue weighted by atomic mass is 35.5. The van der Waals surface area contributed by atoms with Crippen LogP contribution in [0.25, 0.3) is 0 Å². The molecule has 0 aliphatic heterocycles. The number of methoxy groups -OCH3 is 1. The van der Waals surface area contributed by atoms with E-state index < -0.39 is 23.7 Å². The molecule has 0 aliphatic carbocycles. The topological polar surface area (TPSA) is 55.4 Å². The highest BCUT2D eigenvalue weighted by molar-refractivity contribution is 6.36. The monoisotopic (exact) mass is 369 g/mol. The molecule has 24 heavy (non-hydrogen) atoms. The van der Waals surface area contributed by atoms with Gasteiger partial charge in [-0.05, 0) is 35.9 Å². The Labute approximate surface area is 148 Å². The Morgan fingerprint density at radius 1 is 1.17 bits per heavy atom. The van der Waals surface area contributed by atoms with Gasteiger partial charge >= 0.3 is 5.97 Å². The molecule has 0 saturated heterocycles. The summed E-state index contributed by atoms with van der Waals surface area (Å²) in [4.78, 5) is 24.0. The standard InChI is InChI=1S/C17H14Cl2FNO3/c1-24-16(22)9-15(10-2-5-12(20)6-3-10)21-17(23)13-7-4-11(18)8-14(13)19/h2-8,15H,9H2,1H3,(H,21,23). The Hall–Kier alpha value is -2.11. The molecule has 0 fully saturated rings. The molecule has 2 aromatic carbocycles. The first-order chi connectivity index (χ1) is 11.4. The van der Waals surface area contributed by atoms with Gasteiger partial charge in [0.25, 0.3) is 5.91 Å². The van der Waals surface area contributed by atoms with Crippen LogP contribution in [-0.2, 0) is 9.53 Å². The van der Waals surface area contributed by atoms with E-state index in [4.69, 9.17) is 23.2 Å². The third-order valence-corrected chi connectivity index (χ3v) is 3.90. The lowest BCUT2D eigenvalue weighted by Gasteiger charge is -2.18. The van der Waals surface area contributed by atoms with E-state index in [1.165, 1.54) is 49.6 Å². The van der Waals surface area contributed by atoms with Crippen molar-refractivity contribution in [2.24, 2.45) is 0 Å². The molecule has 1 N–H and O–H groups in total. The number of ether oxygens (including phenoxy) is 1. The maximum Gasteiger partial charge on any atom is 0.307 e. The SMILES string of the molecule is COC(=O)CC(NC(=O)c1ccc(Cl)cc1Cl)c1ccc(F)cc1. The van der Waals surface area contributed by atoms with Gasteiger partial charge in [0.1, 0.15) is 5.82 Å². The molecule has 126 valence electrons. The summed E-state index contributed by atoms with van der Waals surface area (Å²) in [5.74, 6) is -1.40. The van der Waals surface area contributed by atoms with E-state index in [2.05, 4.69) is 10.1 Å². The maximum atomic E-state index is 13.1. The van der Waals surface area contributed by atoms with Crippen molar-refractivity contribution in [1.29, 1.82) is 0 Å². The van der Waals surface area contributed by atoms with Crippen molar-refractivity contribution in [3.63, 3.8) is 0 Å². The van der Waals surface area contributed by atoms with Crippen LogP contribution >= 0.6 is 23.2 Å². The molecule has 0 spiro atoms. The molecule has 0 aromatic heterocycles. The highest BCUT2D eigenvalue weighted by Crippen LogP contribution is 2.23. The minimum absolute atomic E-state index is 0.0981. The summed E-state index contributed by atoms with van der Waals surface area (Å²) in [6.07, 6.45) is -0.0981. The molecular formula is C17H14Cl2FNO3. The van der Waals surface area contributed by atoms with Gasteiger partial charge in [0, 0.05) is 5.02 Å². The molecule has 2 aromatic rings. The molecule has 0 radical (unpaired) electrons. The minimum atomic E-state index is -0.683. The number of carbonyl (C=O) groups excluding carboxylic acids is 2. The van der Waals surface area contributed by atoms with E-state index in [-0.39, 0.29) is 17.0 Å². The molecule has 7 heteroatoms. The molecule has 1 amide bonds. The van der Waals surface area contributed by atoms with Crippen molar-refractivity contribution >= 4 is 35.1 Å². The molecular weight excluding hydrogens is 356 g/mol. The van der Waals surface area contributed by atoms with E-state index >= 15 is 0 Å². The molecule has 1 unspecified atom stereocenters. The van der Waals surface area contributed by atoms with Gasteiger partial charge in [-0.15, -0.1) is 0 Å². The van der Waals surface area contributed by atoms with E-state index in [0.717, 1.165) is 0 Å². The van der Waals surface area contributed by atoms with Crippen LogP contribution in [0.4, 0.5) is 4.39 Å². The zero-order valence-corrected chi connectivity index (χ0v) is 14.2. The first-order valence-corrected chi connectivity index (χ1v) is 7.74. The fourth-order valence-electron chi connectivity index (χ4n) is 2.11. The molecule has 0 saturated carbocycles. The van der Waals surface area contributed by atoms with Gasteiger partial charge in [-0.2, -0.15) is 0 Å².